The Labute approximate surface area is 249 Å². The van der Waals surface area contributed by atoms with Gasteiger partial charge in [0.05, 0.1) is 29.8 Å². The molecule has 0 saturated carbocycles. The molecule has 0 amide bonds. The Hall–Kier alpha value is -1.60. The molecular weight excluding hydrogens is 599 g/mol. The molecule has 11 nitrogen and oxygen atoms in total. The van der Waals surface area contributed by atoms with Crippen LogP contribution < -0.4 is 9.47 Å². The SMILES string of the molecule is CCCC(=O)OC(C)c1cc(OCCC[Si](C)(C)O[Si](C)(C)O)c(OCCC[Si](C)(C)O[Si](C)(C)O)cc1[N+](=O)[O-]. The van der Waals surface area contributed by atoms with Crippen molar-refractivity contribution >= 4 is 45.4 Å². The lowest BCUT2D eigenvalue weighted by molar-refractivity contribution is -0.386. The normalized spacial score (nSPS) is 13.6. The molecule has 1 atom stereocenters. The predicted molar refractivity (Wildman–Crippen MR) is 169 cm³/mol. The van der Waals surface area contributed by atoms with E-state index in [-0.39, 0.29) is 30.0 Å². The summed E-state index contributed by atoms with van der Waals surface area (Å²) in [5, 5.41) is 12.0. The summed E-state index contributed by atoms with van der Waals surface area (Å²) in [6.07, 6.45) is 1.28. The van der Waals surface area contributed by atoms with Crippen LogP contribution in [0.5, 0.6) is 11.5 Å². The quantitative estimate of drug-likeness (QED) is 0.0570. The van der Waals surface area contributed by atoms with E-state index < -0.39 is 50.8 Å². The highest BCUT2D eigenvalue weighted by atomic mass is 28.4. The maximum Gasteiger partial charge on any atom is 0.318 e. The lowest BCUT2D eigenvalue weighted by Gasteiger charge is -2.30. The van der Waals surface area contributed by atoms with E-state index in [0.717, 1.165) is 12.1 Å². The molecule has 0 radical (unpaired) electrons. The fourth-order valence-electron chi connectivity index (χ4n) is 4.61. The molecule has 1 aromatic rings. The summed E-state index contributed by atoms with van der Waals surface area (Å²) >= 11 is 0. The van der Waals surface area contributed by atoms with Gasteiger partial charge in [-0.2, -0.15) is 0 Å². The lowest BCUT2D eigenvalue weighted by atomic mass is 10.1. The Morgan fingerprint density at radius 1 is 0.878 bits per heavy atom. The third-order valence-electron chi connectivity index (χ3n) is 5.90. The number of benzene rings is 1. The molecule has 0 aromatic heterocycles. The van der Waals surface area contributed by atoms with E-state index in [2.05, 4.69) is 13.1 Å². The second-order valence-corrected chi connectivity index (χ2v) is 28.0. The maximum atomic E-state index is 12.1. The number of rotatable bonds is 19. The van der Waals surface area contributed by atoms with Gasteiger partial charge in [0.2, 0.25) is 0 Å². The molecule has 2 N–H and O–H groups in total. The summed E-state index contributed by atoms with van der Waals surface area (Å²) in [7, 11) is -9.51. The fraction of sp³-hybridized carbons (Fsp3) is 0.731. The number of nitro benzene ring substituents is 1. The van der Waals surface area contributed by atoms with Crippen molar-refractivity contribution in [3.05, 3.63) is 27.8 Å². The van der Waals surface area contributed by atoms with E-state index in [1.807, 2.05) is 20.0 Å². The second kappa shape index (κ2) is 15.7. The largest absolute Gasteiger partial charge is 0.490 e. The Kier molecular flexibility index (Phi) is 14.4. The summed E-state index contributed by atoms with van der Waals surface area (Å²) in [6, 6.07) is 4.37. The molecule has 0 heterocycles. The summed E-state index contributed by atoms with van der Waals surface area (Å²) in [5.74, 6) is 0.141. The first kappa shape index (κ1) is 37.4. The molecule has 0 aliphatic heterocycles. The Bertz CT molecular complexity index is 1010. The fourth-order valence-corrected chi connectivity index (χ4v) is 18.2. The Morgan fingerprint density at radius 2 is 1.32 bits per heavy atom. The molecule has 41 heavy (non-hydrogen) atoms. The number of carbonyl (C=O) groups is 1. The minimum Gasteiger partial charge on any atom is -0.490 e. The minimum absolute atomic E-state index is 0.215. The average molecular weight is 650 g/mol. The van der Waals surface area contributed by atoms with Crippen LogP contribution in [-0.4, -0.2) is 67.5 Å². The van der Waals surface area contributed by atoms with Gasteiger partial charge in [0, 0.05) is 6.42 Å². The van der Waals surface area contributed by atoms with Crippen LogP contribution >= 0.6 is 0 Å². The average Bonchev–Trinajstić information content (AvgIpc) is 2.76. The first-order valence-electron chi connectivity index (χ1n) is 14.3. The van der Waals surface area contributed by atoms with E-state index in [9.17, 15) is 24.5 Å². The third kappa shape index (κ3) is 15.4. The van der Waals surface area contributed by atoms with Gasteiger partial charge in [-0.1, -0.05) is 6.92 Å². The van der Waals surface area contributed by atoms with Gasteiger partial charge >= 0.3 is 23.1 Å². The highest BCUT2D eigenvalue weighted by Crippen LogP contribution is 2.39. The summed E-state index contributed by atoms with van der Waals surface area (Å²) in [5.41, 5.74) is 0.0113. The zero-order valence-corrected chi connectivity index (χ0v) is 30.5. The molecule has 1 unspecified atom stereocenters. The number of hydrogen-bond acceptors (Lipinski definition) is 10. The number of nitrogens with zero attached hydrogens (tertiary/aromatic N) is 1. The van der Waals surface area contributed by atoms with Crippen molar-refractivity contribution in [2.24, 2.45) is 0 Å². The minimum atomic E-state index is -2.65. The zero-order chi connectivity index (χ0) is 31.6. The maximum absolute atomic E-state index is 12.1. The second-order valence-electron chi connectivity index (χ2n) is 12.5. The number of ether oxygens (including phenoxy) is 3. The van der Waals surface area contributed by atoms with Crippen LogP contribution in [0.3, 0.4) is 0 Å². The van der Waals surface area contributed by atoms with E-state index in [1.54, 1.807) is 33.1 Å². The van der Waals surface area contributed by atoms with Crippen molar-refractivity contribution in [1.29, 1.82) is 0 Å². The van der Waals surface area contributed by atoms with Gasteiger partial charge < -0.3 is 32.0 Å². The molecular formula is C26H51NO10Si4. The molecule has 0 spiro atoms. The van der Waals surface area contributed by atoms with E-state index in [4.69, 9.17) is 22.4 Å². The number of hydrogen-bond donors (Lipinski definition) is 2. The predicted octanol–water partition coefficient (Wildman–Crippen LogP) is 6.37. The smallest absolute Gasteiger partial charge is 0.318 e. The molecule has 0 aliphatic rings. The Balaban J connectivity index is 3.15. The van der Waals surface area contributed by atoms with Crippen LogP contribution in [0.1, 0.15) is 51.2 Å². The first-order valence-corrected chi connectivity index (χ1v) is 26.2. The van der Waals surface area contributed by atoms with Crippen LogP contribution in [0.4, 0.5) is 5.69 Å². The topological polar surface area (TPSA) is 147 Å². The summed E-state index contributed by atoms with van der Waals surface area (Å²) in [6.45, 7) is 19.2. The molecule has 1 rings (SSSR count). The number of carbonyl (C=O) groups excluding carboxylic acids is 1. The van der Waals surface area contributed by atoms with Crippen molar-refractivity contribution in [3.8, 4) is 11.5 Å². The van der Waals surface area contributed by atoms with Crippen LogP contribution in [0.15, 0.2) is 12.1 Å². The number of nitro groups is 1. The monoisotopic (exact) mass is 649 g/mol. The van der Waals surface area contributed by atoms with Gasteiger partial charge in [0.25, 0.3) is 5.69 Å². The van der Waals surface area contributed by atoms with E-state index >= 15 is 0 Å². The van der Waals surface area contributed by atoms with Gasteiger partial charge in [-0.3, -0.25) is 14.9 Å². The summed E-state index contributed by atoms with van der Waals surface area (Å²) in [4.78, 5) is 43.9. The van der Waals surface area contributed by atoms with Gasteiger partial charge in [-0.15, -0.1) is 0 Å². The first-order chi connectivity index (χ1) is 18.6. The highest BCUT2D eigenvalue weighted by molar-refractivity contribution is 6.82. The van der Waals surface area contributed by atoms with Crippen LogP contribution in [0.25, 0.3) is 0 Å². The summed E-state index contributed by atoms with van der Waals surface area (Å²) < 4.78 is 29.5. The van der Waals surface area contributed by atoms with Gasteiger partial charge in [-0.25, -0.2) is 0 Å². The van der Waals surface area contributed by atoms with Gasteiger partial charge in [-0.05, 0) is 96.7 Å². The van der Waals surface area contributed by atoms with Crippen LogP contribution in [0.2, 0.25) is 64.5 Å². The third-order valence-corrected chi connectivity index (χ3v) is 17.4. The number of esters is 1. The van der Waals surface area contributed by atoms with Crippen molar-refractivity contribution in [2.75, 3.05) is 13.2 Å². The van der Waals surface area contributed by atoms with Crippen molar-refractivity contribution in [3.63, 3.8) is 0 Å². The lowest BCUT2D eigenvalue weighted by Crippen LogP contribution is -2.44. The Morgan fingerprint density at radius 3 is 1.71 bits per heavy atom. The molecule has 0 aliphatic carbocycles. The van der Waals surface area contributed by atoms with Crippen molar-refractivity contribution in [1.82, 2.24) is 0 Å². The molecule has 15 heteroatoms. The molecule has 0 fully saturated rings. The highest BCUT2D eigenvalue weighted by Gasteiger charge is 2.33. The van der Waals surface area contributed by atoms with E-state index in [1.165, 1.54) is 12.1 Å². The van der Waals surface area contributed by atoms with Crippen LogP contribution in [0, 0.1) is 10.1 Å². The molecule has 236 valence electrons. The van der Waals surface area contributed by atoms with Crippen LogP contribution in [-0.2, 0) is 17.8 Å². The zero-order valence-electron chi connectivity index (χ0n) is 26.5. The molecule has 0 bridgehead atoms. The van der Waals surface area contributed by atoms with Gasteiger partial charge in [0.1, 0.15) is 6.10 Å². The van der Waals surface area contributed by atoms with Crippen molar-refractivity contribution in [2.45, 2.75) is 110 Å². The molecule has 0 saturated heterocycles. The van der Waals surface area contributed by atoms with Gasteiger partial charge in [0.15, 0.2) is 28.1 Å². The van der Waals surface area contributed by atoms with E-state index in [0.29, 0.717) is 31.6 Å². The molecule has 1 aromatic carbocycles. The van der Waals surface area contributed by atoms with Crippen molar-refractivity contribution < 1.29 is 41.8 Å². The standard InChI is InChI=1S/C26H51NO10Si4/c1-11-14-26(28)35-21(2)22-19-24(33-15-12-17-38(3,4)36-40(7,8)31)25(20-23(22)27(29)30)34-16-13-18-39(5,6)37-41(9,10)32/h19-21,31-32H,11-18H2,1-10H3.